The second kappa shape index (κ2) is 7.21. The number of hydrogen-bond acceptors (Lipinski definition) is 4. The van der Waals surface area contributed by atoms with E-state index >= 15 is 0 Å². The monoisotopic (exact) mass is 294 g/mol. The fourth-order valence-corrected chi connectivity index (χ4v) is 2.56. The molecule has 1 atom stereocenters. The van der Waals surface area contributed by atoms with Crippen molar-refractivity contribution in [3.63, 3.8) is 0 Å². The van der Waals surface area contributed by atoms with Crippen LogP contribution < -0.4 is 5.32 Å². The molecule has 0 radical (unpaired) electrons. The van der Waals surface area contributed by atoms with E-state index < -0.39 is 0 Å². The predicted octanol–water partition coefficient (Wildman–Crippen LogP) is 0.573. The van der Waals surface area contributed by atoms with E-state index in [4.69, 9.17) is 4.74 Å². The van der Waals surface area contributed by atoms with Crippen molar-refractivity contribution in [3.8, 4) is 0 Å². The van der Waals surface area contributed by atoms with Gasteiger partial charge in [0.1, 0.15) is 6.04 Å². The van der Waals surface area contributed by atoms with Crippen LogP contribution in [0.25, 0.3) is 0 Å². The minimum atomic E-state index is -0.334. The average Bonchev–Trinajstić information content (AvgIpc) is 3.13. The summed E-state index contributed by atoms with van der Waals surface area (Å²) >= 11 is 0. The Kier molecular flexibility index (Phi) is 5.32. The molecule has 0 aliphatic carbocycles. The summed E-state index contributed by atoms with van der Waals surface area (Å²) in [4.78, 5) is 25.7. The van der Waals surface area contributed by atoms with E-state index in [0.717, 1.165) is 24.2 Å². The summed E-state index contributed by atoms with van der Waals surface area (Å²) in [6.07, 6.45) is 2.05. The number of ether oxygens (including phenoxy) is 1. The number of carbonyl (C=O) groups excluding carboxylic acids is 2. The van der Waals surface area contributed by atoms with Gasteiger partial charge in [0, 0.05) is 20.1 Å². The van der Waals surface area contributed by atoms with Gasteiger partial charge in [-0.25, -0.2) is 0 Å². The van der Waals surface area contributed by atoms with Gasteiger partial charge in [0.05, 0.1) is 24.5 Å². The van der Waals surface area contributed by atoms with Crippen molar-refractivity contribution < 1.29 is 14.3 Å². The van der Waals surface area contributed by atoms with Crippen LogP contribution in [0, 0.1) is 0 Å². The molecule has 21 heavy (non-hydrogen) atoms. The highest BCUT2D eigenvalue weighted by Crippen LogP contribution is 2.18. The normalized spacial score (nSPS) is 18.0. The standard InChI is InChI=1S/C14H22N4O3/c1-3-13(19)18-6-4-5-12(18)14(20)15-8-10-7-11(9-21-2)17-16-10/h7,12H,3-6,8-9H2,1-2H3,(H,15,20)(H,16,17)/t12-/m0/s1. The van der Waals surface area contributed by atoms with Gasteiger partial charge < -0.3 is 15.0 Å². The number of likely N-dealkylation sites (tertiary alicyclic amines) is 1. The van der Waals surface area contributed by atoms with Crippen molar-refractivity contribution in [1.82, 2.24) is 20.4 Å². The molecular formula is C14H22N4O3. The fraction of sp³-hybridized carbons (Fsp3) is 0.643. The molecule has 1 aromatic rings. The maximum atomic E-state index is 12.2. The second-order valence-electron chi connectivity index (χ2n) is 5.13. The number of rotatable bonds is 6. The molecule has 0 bridgehead atoms. The van der Waals surface area contributed by atoms with Crippen LogP contribution in [0.1, 0.15) is 37.6 Å². The van der Waals surface area contributed by atoms with Gasteiger partial charge in [0.2, 0.25) is 11.8 Å². The summed E-state index contributed by atoms with van der Waals surface area (Å²) in [5.74, 6) is -0.0613. The number of carbonyl (C=O) groups is 2. The molecule has 1 aromatic heterocycles. The smallest absolute Gasteiger partial charge is 0.243 e. The SMILES string of the molecule is CCC(=O)N1CCC[C@H]1C(=O)NCc1cc(COC)n[nH]1. The third kappa shape index (κ3) is 3.81. The Morgan fingerprint density at radius 1 is 1.57 bits per heavy atom. The summed E-state index contributed by atoms with van der Waals surface area (Å²) in [6.45, 7) is 3.30. The Balaban J connectivity index is 1.87. The number of hydrogen-bond donors (Lipinski definition) is 2. The maximum absolute atomic E-state index is 12.2. The first-order valence-corrected chi connectivity index (χ1v) is 7.25. The maximum Gasteiger partial charge on any atom is 0.243 e. The zero-order chi connectivity index (χ0) is 15.2. The van der Waals surface area contributed by atoms with E-state index in [1.165, 1.54) is 0 Å². The van der Waals surface area contributed by atoms with Gasteiger partial charge >= 0.3 is 0 Å². The molecule has 1 aliphatic heterocycles. The molecule has 2 N–H and O–H groups in total. The van der Waals surface area contributed by atoms with Crippen molar-refractivity contribution >= 4 is 11.8 Å². The van der Waals surface area contributed by atoms with Crippen LogP contribution in [-0.2, 0) is 27.5 Å². The van der Waals surface area contributed by atoms with Crippen LogP contribution in [0.2, 0.25) is 0 Å². The van der Waals surface area contributed by atoms with Crippen molar-refractivity contribution in [3.05, 3.63) is 17.5 Å². The van der Waals surface area contributed by atoms with Crippen LogP contribution in [0.3, 0.4) is 0 Å². The van der Waals surface area contributed by atoms with Crippen LogP contribution in [0.15, 0.2) is 6.07 Å². The lowest BCUT2D eigenvalue weighted by atomic mass is 10.2. The number of nitrogens with one attached hydrogen (secondary N) is 2. The quantitative estimate of drug-likeness (QED) is 0.803. The zero-order valence-electron chi connectivity index (χ0n) is 12.5. The number of aromatic nitrogens is 2. The van der Waals surface area contributed by atoms with Gasteiger partial charge in [0.15, 0.2) is 0 Å². The molecule has 1 fully saturated rings. The molecule has 2 heterocycles. The summed E-state index contributed by atoms with van der Waals surface area (Å²) in [6, 6.07) is 1.52. The first-order chi connectivity index (χ1) is 10.2. The molecule has 0 saturated carbocycles. The molecule has 2 amide bonds. The first kappa shape index (κ1) is 15.5. The lowest BCUT2D eigenvalue weighted by molar-refractivity contribution is -0.138. The molecule has 0 unspecified atom stereocenters. The van der Waals surface area contributed by atoms with Gasteiger partial charge in [-0.05, 0) is 18.9 Å². The molecule has 116 valence electrons. The molecule has 0 spiro atoms. The molecule has 0 aromatic carbocycles. The minimum Gasteiger partial charge on any atom is -0.378 e. The highest BCUT2D eigenvalue weighted by Gasteiger charge is 2.32. The Hall–Kier alpha value is -1.89. The number of aromatic amines is 1. The van der Waals surface area contributed by atoms with Crippen molar-refractivity contribution in [1.29, 1.82) is 0 Å². The van der Waals surface area contributed by atoms with Crippen LogP contribution in [0.5, 0.6) is 0 Å². The van der Waals surface area contributed by atoms with Gasteiger partial charge in [0.25, 0.3) is 0 Å². The largest absolute Gasteiger partial charge is 0.378 e. The van der Waals surface area contributed by atoms with Gasteiger partial charge in [-0.15, -0.1) is 0 Å². The Morgan fingerprint density at radius 2 is 2.38 bits per heavy atom. The van der Waals surface area contributed by atoms with E-state index in [-0.39, 0.29) is 17.9 Å². The Labute approximate surface area is 124 Å². The molecule has 7 nitrogen and oxygen atoms in total. The van der Waals surface area contributed by atoms with Crippen LogP contribution >= 0.6 is 0 Å². The zero-order valence-corrected chi connectivity index (χ0v) is 12.5. The van der Waals surface area contributed by atoms with Crippen molar-refractivity contribution in [2.24, 2.45) is 0 Å². The van der Waals surface area contributed by atoms with Crippen LogP contribution in [-0.4, -0.2) is 46.6 Å². The van der Waals surface area contributed by atoms with Crippen LogP contribution in [0.4, 0.5) is 0 Å². The molecule has 1 saturated heterocycles. The van der Waals surface area contributed by atoms with Crippen molar-refractivity contribution in [2.45, 2.75) is 45.4 Å². The fourth-order valence-electron chi connectivity index (χ4n) is 2.56. The molecule has 7 heteroatoms. The van der Waals surface area contributed by atoms with Gasteiger partial charge in [-0.3, -0.25) is 14.7 Å². The number of amides is 2. The average molecular weight is 294 g/mol. The summed E-state index contributed by atoms with van der Waals surface area (Å²) in [5, 5.41) is 9.79. The summed E-state index contributed by atoms with van der Waals surface area (Å²) in [7, 11) is 1.61. The van der Waals surface area contributed by atoms with E-state index in [0.29, 0.717) is 26.1 Å². The Morgan fingerprint density at radius 3 is 3.10 bits per heavy atom. The number of nitrogens with zero attached hydrogens (tertiary/aromatic N) is 2. The third-order valence-corrected chi connectivity index (χ3v) is 3.61. The predicted molar refractivity (Wildman–Crippen MR) is 76.2 cm³/mol. The van der Waals surface area contributed by atoms with E-state index in [2.05, 4.69) is 15.5 Å². The Bertz CT molecular complexity index is 500. The second-order valence-corrected chi connectivity index (χ2v) is 5.13. The van der Waals surface area contributed by atoms with Crippen molar-refractivity contribution in [2.75, 3.05) is 13.7 Å². The lowest BCUT2D eigenvalue weighted by Gasteiger charge is -2.23. The third-order valence-electron chi connectivity index (χ3n) is 3.61. The van der Waals surface area contributed by atoms with Gasteiger partial charge in [-0.2, -0.15) is 5.10 Å². The lowest BCUT2D eigenvalue weighted by Crippen LogP contribution is -2.45. The topological polar surface area (TPSA) is 87.3 Å². The molecule has 1 aliphatic rings. The van der Waals surface area contributed by atoms with E-state index in [9.17, 15) is 9.59 Å². The number of H-pyrrole nitrogens is 1. The highest BCUT2D eigenvalue weighted by molar-refractivity contribution is 5.88. The molecule has 2 rings (SSSR count). The minimum absolute atomic E-state index is 0.0385. The summed E-state index contributed by atoms with van der Waals surface area (Å²) < 4.78 is 4.99. The van der Waals surface area contributed by atoms with E-state index in [1.54, 1.807) is 12.0 Å². The molecular weight excluding hydrogens is 272 g/mol. The van der Waals surface area contributed by atoms with Gasteiger partial charge in [-0.1, -0.05) is 6.92 Å². The summed E-state index contributed by atoms with van der Waals surface area (Å²) in [5.41, 5.74) is 1.62. The highest BCUT2D eigenvalue weighted by atomic mass is 16.5. The first-order valence-electron chi connectivity index (χ1n) is 7.25. The van der Waals surface area contributed by atoms with E-state index in [1.807, 2.05) is 13.0 Å². The number of methoxy groups -OCH3 is 1.